The summed E-state index contributed by atoms with van der Waals surface area (Å²) in [6.07, 6.45) is 0.493. The van der Waals surface area contributed by atoms with Gasteiger partial charge in [0.15, 0.2) is 11.5 Å². The first-order valence-corrected chi connectivity index (χ1v) is 5.86. The number of aryl methyl sites for hydroxylation is 1. The van der Waals surface area contributed by atoms with E-state index >= 15 is 0 Å². The third-order valence-corrected chi connectivity index (χ3v) is 3.20. The van der Waals surface area contributed by atoms with E-state index in [0.717, 1.165) is 16.7 Å². The van der Waals surface area contributed by atoms with Crippen molar-refractivity contribution in [3.63, 3.8) is 0 Å². The Morgan fingerprint density at radius 3 is 2.39 bits per heavy atom. The van der Waals surface area contributed by atoms with Gasteiger partial charge in [-0.25, -0.2) is 0 Å². The van der Waals surface area contributed by atoms with Gasteiger partial charge in [-0.15, -0.1) is 0 Å². The summed E-state index contributed by atoms with van der Waals surface area (Å²) >= 11 is 0. The van der Waals surface area contributed by atoms with Crippen LogP contribution < -0.4 is 9.47 Å². The number of carbonyl (C=O) groups is 1. The van der Waals surface area contributed by atoms with Crippen molar-refractivity contribution in [2.75, 3.05) is 14.2 Å². The van der Waals surface area contributed by atoms with E-state index < -0.39 is 11.9 Å². The fraction of sp³-hybridized carbons (Fsp3) is 0.500. The highest BCUT2D eigenvalue weighted by atomic mass is 16.5. The van der Waals surface area contributed by atoms with Gasteiger partial charge in [-0.05, 0) is 43.0 Å². The molecule has 0 radical (unpaired) electrons. The normalized spacial score (nSPS) is 12.1. The van der Waals surface area contributed by atoms with Crippen molar-refractivity contribution < 1.29 is 19.4 Å². The monoisotopic (exact) mass is 252 g/mol. The first kappa shape index (κ1) is 14.4. The molecule has 0 bridgehead atoms. The molecule has 1 N–H and O–H groups in total. The number of hydrogen-bond acceptors (Lipinski definition) is 3. The molecule has 1 rings (SSSR count). The number of hydrogen-bond donors (Lipinski definition) is 1. The van der Waals surface area contributed by atoms with Crippen molar-refractivity contribution in [2.24, 2.45) is 5.92 Å². The van der Waals surface area contributed by atoms with E-state index in [1.54, 1.807) is 21.1 Å². The molecule has 1 aromatic carbocycles. The lowest BCUT2D eigenvalue weighted by Gasteiger charge is -2.18. The molecular weight excluding hydrogens is 232 g/mol. The maximum Gasteiger partial charge on any atom is 0.306 e. The fourth-order valence-electron chi connectivity index (χ4n) is 2.08. The molecule has 1 atom stereocenters. The molecule has 4 heteroatoms. The predicted molar refractivity (Wildman–Crippen MR) is 69.5 cm³/mol. The molecule has 0 saturated carbocycles. The Bertz CT molecular complexity index is 452. The third kappa shape index (κ3) is 2.75. The summed E-state index contributed by atoms with van der Waals surface area (Å²) in [5.41, 5.74) is 2.99. The van der Waals surface area contributed by atoms with E-state index in [-0.39, 0.29) is 0 Å². The van der Waals surface area contributed by atoms with Gasteiger partial charge in [-0.3, -0.25) is 4.79 Å². The van der Waals surface area contributed by atoms with Crippen molar-refractivity contribution in [3.8, 4) is 11.5 Å². The van der Waals surface area contributed by atoms with E-state index in [9.17, 15) is 4.79 Å². The summed E-state index contributed by atoms with van der Waals surface area (Å²) < 4.78 is 10.6. The zero-order valence-corrected chi connectivity index (χ0v) is 11.5. The molecule has 0 heterocycles. The Hall–Kier alpha value is -1.71. The number of carboxylic acids is 1. The lowest BCUT2D eigenvalue weighted by Crippen LogP contribution is -2.14. The molecule has 4 nitrogen and oxygen atoms in total. The van der Waals surface area contributed by atoms with Crippen molar-refractivity contribution in [1.29, 1.82) is 0 Å². The van der Waals surface area contributed by atoms with Gasteiger partial charge in [0.2, 0.25) is 0 Å². The van der Waals surface area contributed by atoms with Gasteiger partial charge in [0.05, 0.1) is 20.1 Å². The van der Waals surface area contributed by atoms with Gasteiger partial charge in [0.1, 0.15) is 0 Å². The summed E-state index contributed by atoms with van der Waals surface area (Å²) in [5, 5.41) is 9.00. The van der Waals surface area contributed by atoms with Gasteiger partial charge in [0, 0.05) is 0 Å². The van der Waals surface area contributed by atoms with Crippen LogP contribution in [0.4, 0.5) is 0 Å². The molecule has 0 aliphatic carbocycles. The van der Waals surface area contributed by atoms with Gasteiger partial charge in [-0.1, -0.05) is 6.92 Å². The fourth-order valence-corrected chi connectivity index (χ4v) is 2.08. The number of aliphatic carboxylic acids is 1. The number of benzene rings is 1. The molecule has 0 fully saturated rings. The van der Waals surface area contributed by atoms with Gasteiger partial charge >= 0.3 is 5.97 Å². The average Bonchev–Trinajstić information content (AvgIpc) is 2.33. The largest absolute Gasteiger partial charge is 0.493 e. The second-order valence-electron chi connectivity index (χ2n) is 4.48. The molecule has 0 spiro atoms. The predicted octanol–water partition coefficient (Wildman–Crippen LogP) is 2.58. The van der Waals surface area contributed by atoms with Crippen LogP contribution in [0.5, 0.6) is 11.5 Å². The minimum atomic E-state index is -0.788. The Morgan fingerprint density at radius 2 is 1.94 bits per heavy atom. The zero-order chi connectivity index (χ0) is 13.9. The topological polar surface area (TPSA) is 55.8 Å². The lowest BCUT2D eigenvalue weighted by molar-refractivity contribution is -0.141. The molecule has 1 unspecified atom stereocenters. The van der Waals surface area contributed by atoms with Gasteiger partial charge < -0.3 is 14.6 Å². The van der Waals surface area contributed by atoms with Crippen LogP contribution in [0.3, 0.4) is 0 Å². The molecule has 0 aliphatic rings. The number of rotatable bonds is 5. The van der Waals surface area contributed by atoms with Gasteiger partial charge in [0.25, 0.3) is 0 Å². The first-order chi connectivity index (χ1) is 8.42. The SMILES string of the molecule is COc1cc(C)c(CC(C)C(=O)O)c(C)c1OC. The minimum absolute atomic E-state index is 0.416. The maximum atomic E-state index is 10.9. The van der Waals surface area contributed by atoms with Crippen LogP contribution in [-0.4, -0.2) is 25.3 Å². The van der Waals surface area contributed by atoms with Crippen LogP contribution >= 0.6 is 0 Å². The second kappa shape index (κ2) is 5.76. The summed E-state index contributed by atoms with van der Waals surface area (Å²) in [6, 6.07) is 1.88. The molecule has 1 aromatic rings. The van der Waals surface area contributed by atoms with Crippen molar-refractivity contribution in [1.82, 2.24) is 0 Å². The van der Waals surface area contributed by atoms with Crippen molar-refractivity contribution >= 4 is 5.97 Å². The summed E-state index contributed by atoms with van der Waals surface area (Å²) in [4.78, 5) is 10.9. The second-order valence-corrected chi connectivity index (χ2v) is 4.48. The Morgan fingerprint density at radius 1 is 1.33 bits per heavy atom. The number of methoxy groups -OCH3 is 2. The highest BCUT2D eigenvalue weighted by Gasteiger charge is 2.19. The van der Waals surface area contributed by atoms with Crippen LogP contribution in [0, 0.1) is 19.8 Å². The van der Waals surface area contributed by atoms with Crippen LogP contribution in [0.15, 0.2) is 6.07 Å². The highest BCUT2D eigenvalue weighted by Crippen LogP contribution is 2.36. The van der Waals surface area contributed by atoms with Crippen LogP contribution in [0.2, 0.25) is 0 Å². The van der Waals surface area contributed by atoms with Crippen LogP contribution in [0.1, 0.15) is 23.6 Å². The molecule has 0 saturated heterocycles. The average molecular weight is 252 g/mol. The van der Waals surface area contributed by atoms with Crippen LogP contribution in [0.25, 0.3) is 0 Å². The maximum absolute atomic E-state index is 10.9. The third-order valence-electron chi connectivity index (χ3n) is 3.20. The number of ether oxygens (including phenoxy) is 2. The summed E-state index contributed by atoms with van der Waals surface area (Å²) in [5.74, 6) is 0.152. The molecule has 0 amide bonds. The molecule has 100 valence electrons. The standard InChI is InChI=1S/C14H20O4/c1-8-7-12(17-4)13(18-5)10(3)11(8)6-9(2)14(15)16/h7,9H,6H2,1-5H3,(H,15,16). The van der Waals surface area contributed by atoms with E-state index in [1.165, 1.54) is 0 Å². The van der Waals surface area contributed by atoms with E-state index in [0.29, 0.717) is 17.9 Å². The van der Waals surface area contributed by atoms with Crippen LogP contribution in [-0.2, 0) is 11.2 Å². The molecule has 18 heavy (non-hydrogen) atoms. The smallest absolute Gasteiger partial charge is 0.306 e. The van der Waals surface area contributed by atoms with E-state index in [1.807, 2.05) is 19.9 Å². The van der Waals surface area contributed by atoms with Crippen molar-refractivity contribution in [2.45, 2.75) is 27.2 Å². The Kier molecular flexibility index (Phi) is 4.59. The number of carboxylic acid groups (broad SMARTS) is 1. The molecule has 0 aliphatic heterocycles. The first-order valence-electron chi connectivity index (χ1n) is 5.86. The van der Waals surface area contributed by atoms with Crippen molar-refractivity contribution in [3.05, 3.63) is 22.8 Å². The minimum Gasteiger partial charge on any atom is -0.493 e. The summed E-state index contributed by atoms with van der Waals surface area (Å²) in [6.45, 7) is 5.59. The molecular formula is C14H20O4. The molecule has 0 aromatic heterocycles. The highest BCUT2D eigenvalue weighted by molar-refractivity contribution is 5.70. The van der Waals surface area contributed by atoms with E-state index in [2.05, 4.69) is 0 Å². The summed E-state index contributed by atoms with van der Waals surface area (Å²) in [7, 11) is 3.18. The lowest BCUT2D eigenvalue weighted by atomic mass is 9.92. The quantitative estimate of drug-likeness (QED) is 0.875. The Balaban J connectivity index is 3.24. The van der Waals surface area contributed by atoms with E-state index in [4.69, 9.17) is 14.6 Å². The zero-order valence-electron chi connectivity index (χ0n) is 11.5. The Labute approximate surface area is 108 Å². The van der Waals surface area contributed by atoms with Gasteiger partial charge in [-0.2, -0.15) is 0 Å².